The lowest BCUT2D eigenvalue weighted by Gasteiger charge is -2.66. The molecule has 3 rings (SSSR count). The van der Waals surface area contributed by atoms with Gasteiger partial charge in [-0.2, -0.15) is 21.0 Å². The smallest absolute Gasteiger partial charge is 0.166 e. The molecular weight excluding hydrogens is 268 g/mol. The molecule has 6 heteroatoms. The number of nitrogens with zero attached hydrogens (tertiary/aromatic N) is 4. The highest BCUT2D eigenvalue weighted by atomic mass is 16.3. The number of carbonyl (C=O) groups excluding carboxylic acids is 1. The summed E-state index contributed by atoms with van der Waals surface area (Å²) in [4.78, 5) is 12.3. The zero-order valence-electron chi connectivity index (χ0n) is 11.3. The first-order chi connectivity index (χ1) is 9.97. The minimum Gasteiger partial charge on any atom is -0.385 e. The summed E-state index contributed by atoms with van der Waals surface area (Å²) in [5.74, 6) is -4.39. The molecule has 3 aliphatic rings. The van der Waals surface area contributed by atoms with Crippen LogP contribution in [0.4, 0.5) is 0 Å². The van der Waals surface area contributed by atoms with Gasteiger partial charge in [-0.05, 0) is 18.8 Å². The molecule has 9 atom stereocenters. The molecule has 3 aliphatic carbocycles. The van der Waals surface area contributed by atoms with Crippen molar-refractivity contribution in [3.05, 3.63) is 0 Å². The Labute approximate surface area is 121 Å². The molecule has 0 saturated heterocycles. The Balaban J connectivity index is 2.06. The summed E-state index contributed by atoms with van der Waals surface area (Å²) in [7, 11) is 0. The molecule has 6 unspecified atom stereocenters. The van der Waals surface area contributed by atoms with Crippen LogP contribution < -0.4 is 0 Å². The monoisotopic (exact) mass is 280 g/mol. The van der Waals surface area contributed by atoms with Crippen molar-refractivity contribution < 1.29 is 9.90 Å². The first-order valence-electron chi connectivity index (χ1n) is 6.79. The van der Waals surface area contributed by atoms with E-state index in [1.807, 2.05) is 6.07 Å². The Kier molecular flexibility index (Phi) is 2.61. The van der Waals surface area contributed by atoms with Crippen LogP contribution in [0, 0.1) is 92.2 Å². The maximum Gasteiger partial charge on any atom is 0.166 e. The molecule has 3 fully saturated rings. The number of aliphatic hydroxyl groups is 1. The van der Waals surface area contributed by atoms with Gasteiger partial charge in [0.05, 0.1) is 47.4 Å². The van der Waals surface area contributed by atoms with Crippen molar-refractivity contribution in [2.75, 3.05) is 0 Å². The Morgan fingerprint density at radius 1 is 1.05 bits per heavy atom. The van der Waals surface area contributed by atoms with E-state index in [4.69, 9.17) is 5.26 Å². The van der Waals surface area contributed by atoms with E-state index >= 15 is 0 Å². The molecule has 21 heavy (non-hydrogen) atoms. The third-order valence-corrected chi connectivity index (χ3v) is 5.82. The third kappa shape index (κ3) is 1.25. The molecule has 0 spiro atoms. The number of rotatable bonds is 0. The summed E-state index contributed by atoms with van der Waals surface area (Å²) >= 11 is 0. The van der Waals surface area contributed by atoms with E-state index in [1.165, 1.54) is 0 Å². The second-order valence-corrected chi connectivity index (χ2v) is 6.36. The lowest BCUT2D eigenvalue weighted by Crippen LogP contribution is -2.73. The molecular formula is C15H12N4O2. The summed E-state index contributed by atoms with van der Waals surface area (Å²) in [6.45, 7) is 1.58. The average molecular weight is 280 g/mol. The summed E-state index contributed by atoms with van der Waals surface area (Å²) in [6, 6.07) is 8.21. The highest BCUT2D eigenvalue weighted by Gasteiger charge is 2.75. The van der Waals surface area contributed by atoms with Crippen LogP contribution >= 0.6 is 0 Å². The minimum atomic E-state index is -1.32. The van der Waals surface area contributed by atoms with E-state index in [2.05, 4.69) is 18.2 Å². The molecule has 0 aromatic heterocycles. The van der Waals surface area contributed by atoms with Crippen molar-refractivity contribution in [3.63, 3.8) is 0 Å². The van der Waals surface area contributed by atoms with Crippen molar-refractivity contribution in [2.24, 2.45) is 46.8 Å². The fourth-order valence-electron chi connectivity index (χ4n) is 4.79. The van der Waals surface area contributed by atoms with E-state index < -0.39 is 46.9 Å². The Bertz CT molecular complexity index is 690. The van der Waals surface area contributed by atoms with Crippen LogP contribution in [-0.4, -0.2) is 17.0 Å². The molecule has 0 heterocycles. The Hall–Kier alpha value is -2.41. The molecule has 1 N–H and O–H groups in total. The third-order valence-electron chi connectivity index (χ3n) is 5.82. The lowest BCUT2D eigenvalue weighted by molar-refractivity contribution is -0.217. The number of hydrogen-bond donors (Lipinski definition) is 1. The zero-order valence-corrected chi connectivity index (χ0v) is 11.3. The van der Waals surface area contributed by atoms with Crippen LogP contribution in [0.3, 0.4) is 0 Å². The van der Waals surface area contributed by atoms with Gasteiger partial charge in [0, 0.05) is 11.8 Å². The van der Waals surface area contributed by atoms with Crippen LogP contribution in [0.2, 0.25) is 0 Å². The van der Waals surface area contributed by atoms with Crippen LogP contribution in [0.25, 0.3) is 0 Å². The second kappa shape index (κ2) is 4.05. The summed E-state index contributed by atoms with van der Waals surface area (Å²) in [5.41, 5.74) is -1.07. The van der Waals surface area contributed by atoms with Crippen LogP contribution in [0.5, 0.6) is 0 Å². The van der Waals surface area contributed by atoms with E-state index in [0.717, 1.165) is 0 Å². The quantitative estimate of drug-likeness (QED) is 0.681. The van der Waals surface area contributed by atoms with Gasteiger partial charge in [-0.25, -0.2) is 0 Å². The Morgan fingerprint density at radius 3 is 2.14 bits per heavy atom. The molecule has 0 radical (unpaired) electrons. The average Bonchev–Trinajstić information content (AvgIpc) is 2.44. The standard InChI is InChI=1S/C15H12N4O2/c1-15(5-19)8(4-18)11-9-6(2-16)7(3-17)10(9)13(20)14(21)12(11)15/h6-12,14,21H,1H3/t6?,7?,8?,9-,10?,11?,12+,14?,15+/m1/s1. The summed E-state index contributed by atoms with van der Waals surface area (Å²) in [5, 5.41) is 47.3. The van der Waals surface area contributed by atoms with Gasteiger partial charge in [0.2, 0.25) is 0 Å². The van der Waals surface area contributed by atoms with E-state index in [9.17, 15) is 25.7 Å². The maximum absolute atomic E-state index is 12.3. The first-order valence-corrected chi connectivity index (χ1v) is 6.79. The van der Waals surface area contributed by atoms with Crippen molar-refractivity contribution in [3.8, 4) is 24.3 Å². The number of carbonyl (C=O) groups is 1. The number of ketones is 1. The zero-order chi connectivity index (χ0) is 15.5. The fraction of sp³-hybridized carbons (Fsp3) is 0.667. The molecule has 3 saturated carbocycles. The number of fused-ring (bicyclic) bond motifs is 3. The van der Waals surface area contributed by atoms with Crippen LogP contribution in [0.1, 0.15) is 6.92 Å². The van der Waals surface area contributed by atoms with Gasteiger partial charge in [-0.15, -0.1) is 0 Å². The Morgan fingerprint density at radius 2 is 1.67 bits per heavy atom. The van der Waals surface area contributed by atoms with Gasteiger partial charge < -0.3 is 5.11 Å². The van der Waals surface area contributed by atoms with Gasteiger partial charge in [-0.1, -0.05) is 0 Å². The number of nitriles is 4. The molecule has 6 nitrogen and oxygen atoms in total. The molecule has 104 valence electrons. The van der Waals surface area contributed by atoms with Crippen molar-refractivity contribution in [1.82, 2.24) is 0 Å². The fourth-order valence-corrected chi connectivity index (χ4v) is 4.79. The van der Waals surface area contributed by atoms with Crippen LogP contribution in [0.15, 0.2) is 0 Å². The van der Waals surface area contributed by atoms with Crippen molar-refractivity contribution in [2.45, 2.75) is 13.0 Å². The van der Waals surface area contributed by atoms with Gasteiger partial charge >= 0.3 is 0 Å². The maximum atomic E-state index is 12.3. The van der Waals surface area contributed by atoms with Gasteiger partial charge in [-0.3, -0.25) is 4.79 Å². The minimum absolute atomic E-state index is 0.355. The van der Waals surface area contributed by atoms with E-state index in [1.54, 1.807) is 6.92 Å². The number of hydrogen-bond acceptors (Lipinski definition) is 6. The first kappa shape index (κ1) is 13.6. The molecule has 0 aliphatic heterocycles. The molecule has 0 aromatic carbocycles. The summed E-state index contributed by atoms with van der Waals surface area (Å²) in [6.07, 6.45) is -1.32. The molecule has 0 aromatic rings. The second-order valence-electron chi connectivity index (χ2n) is 6.36. The summed E-state index contributed by atoms with van der Waals surface area (Å²) < 4.78 is 0. The highest BCUT2D eigenvalue weighted by molar-refractivity contribution is 5.89. The van der Waals surface area contributed by atoms with Crippen LogP contribution in [-0.2, 0) is 4.79 Å². The predicted octanol–water partition coefficient (Wildman–Crippen LogP) is 0.371. The SMILES string of the molecule is C[C@]1(C#N)C(C#N)C2[C@@H]3C(C#N)C(C#N)C3C(=O)C(O)[C@H]21. The largest absolute Gasteiger partial charge is 0.385 e. The highest BCUT2D eigenvalue weighted by Crippen LogP contribution is 2.69. The normalized spacial score (nSPS) is 53.3. The lowest BCUT2D eigenvalue weighted by atomic mass is 9.34. The predicted molar refractivity (Wildman–Crippen MR) is 66.0 cm³/mol. The van der Waals surface area contributed by atoms with Gasteiger partial charge in [0.15, 0.2) is 5.78 Å². The van der Waals surface area contributed by atoms with Gasteiger partial charge in [0.25, 0.3) is 0 Å². The van der Waals surface area contributed by atoms with Crippen molar-refractivity contribution in [1.29, 1.82) is 21.0 Å². The van der Waals surface area contributed by atoms with Gasteiger partial charge in [0.1, 0.15) is 6.10 Å². The van der Waals surface area contributed by atoms with E-state index in [0.29, 0.717) is 0 Å². The molecule has 0 amide bonds. The topological polar surface area (TPSA) is 132 Å². The van der Waals surface area contributed by atoms with Crippen molar-refractivity contribution >= 4 is 5.78 Å². The number of Topliss-reactive ketones (excluding diaryl/α,β-unsaturated/α-hetero) is 1. The number of aliphatic hydroxyl groups excluding tert-OH is 1. The van der Waals surface area contributed by atoms with E-state index in [-0.39, 0.29) is 11.8 Å². The molecule has 0 bridgehead atoms.